The fraction of sp³-hybridized carbons (Fsp3) is 0.213. The Balaban J connectivity index is 1.10. The largest absolute Gasteiger partial charge is 0.334 e. The van der Waals surface area contributed by atoms with Crippen LogP contribution in [0.3, 0.4) is 0 Å². The van der Waals surface area contributed by atoms with E-state index in [0.717, 1.165) is 6.42 Å². The van der Waals surface area contributed by atoms with Gasteiger partial charge in [-0.1, -0.05) is 125 Å². The van der Waals surface area contributed by atoms with Crippen molar-refractivity contribution in [2.24, 2.45) is 0 Å². The van der Waals surface area contributed by atoms with E-state index in [1.54, 1.807) is 0 Å². The molecule has 0 bridgehead atoms. The van der Waals surface area contributed by atoms with E-state index in [0.29, 0.717) is 0 Å². The number of benzene rings is 8. The molecule has 6 heteroatoms. The maximum Gasteiger partial charge on any atom is 0.252 e. The van der Waals surface area contributed by atoms with E-state index in [1.165, 1.54) is 138 Å². The molecule has 67 heavy (non-hydrogen) atoms. The third-order valence-electron chi connectivity index (χ3n) is 16.6. The van der Waals surface area contributed by atoms with Gasteiger partial charge in [0, 0.05) is 79.9 Å². The van der Waals surface area contributed by atoms with E-state index in [-0.39, 0.29) is 23.1 Å². The van der Waals surface area contributed by atoms with E-state index in [9.17, 15) is 0 Å². The van der Waals surface area contributed by atoms with Crippen LogP contribution in [-0.4, -0.2) is 12.3 Å². The SMILES string of the molecule is Cc1cc2c3c(c1)N(c1cccc4sc5ccccc5c14)c1cc(N4c5ccccc5C5(C)CCCCC45C)ccc1B3c1cc(C(C)(C)C)ccc1N2c1cccc2sc3ccccc3c12. The Labute approximate surface area is 402 Å². The maximum absolute atomic E-state index is 2.76. The fourth-order valence-corrected chi connectivity index (χ4v) is 15.5. The molecule has 1 aliphatic carbocycles. The third kappa shape index (κ3) is 5.34. The normalized spacial score (nSPS) is 19.6. The lowest BCUT2D eigenvalue weighted by Gasteiger charge is -2.50. The number of aryl methyl sites for hydroxylation is 1. The lowest BCUT2D eigenvalue weighted by Crippen LogP contribution is -2.61. The molecular weight excluding hydrogens is 850 g/mol. The Bertz CT molecular complexity index is 3740. The molecule has 0 spiro atoms. The van der Waals surface area contributed by atoms with Crippen LogP contribution in [0.25, 0.3) is 40.3 Å². The zero-order chi connectivity index (χ0) is 45.1. The van der Waals surface area contributed by atoms with Crippen LogP contribution in [0, 0.1) is 6.92 Å². The zero-order valence-corrected chi connectivity index (χ0v) is 40.7. The van der Waals surface area contributed by atoms with Crippen molar-refractivity contribution in [3.8, 4) is 0 Å². The molecule has 14 rings (SSSR count). The summed E-state index contributed by atoms with van der Waals surface area (Å²) in [5.41, 5.74) is 18.3. The molecule has 8 aromatic carbocycles. The van der Waals surface area contributed by atoms with E-state index < -0.39 is 0 Å². The Morgan fingerprint density at radius 2 is 1.09 bits per heavy atom. The van der Waals surface area contributed by atoms with Crippen LogP contribution in [0.5, 0.6) is 0 Å². The summed E-state index contributed by atoms with van der Waals surface area (Å²) in [6, 6.07) is 61.2. The molecule has 0 amide bonds. The summed E-state index contributed by atoms with van der Waals surface area (Å²) in [6.07, 6.45) is 4.89. The first-order valence-corrected chi connectivity index (χ1v) is 25.9. The molecule has 4 aliphatic rings. The highest BCUT2D eigenvalue weighted by atomic mass is 32.1. The number of anilines is 8. The van der Waals surface area contributed by atoms with Crippen molar-refractivity contribution < 1.29 is 0 Å². The topological polar surface area (TPSA) is 9.72 Å². The van der Waals surface area contributed by atoms with Crippen molar-refractivity contribution in [2.45, 2.75) is 83.6 Å². The van der Waals surface area contributed by atoms with Gasteiger partial charge in [-0.25, -0.2) is 0 Å². The summed E-state index contributed by atoms with van der Waals surface area (Å²) in [4.78, 5) is 8.08. The van der Waals surface area contributed by atoms with Crippen LogP contribution < -0.4 is 31.1 Å². The summed E-state index contributed by atoms with van der Waals surface area (Å²) in [5, 5.41) is 5.28. The molecule has 2 atom stereocenters. The quantitative estimate of drug-likeness (QED) is 0.164. The molecule has 0 N–H and O–H groups in total. The lowest BCUT2D eigenvalue weighted by molar-refractivity contribution is 0.195. The smallest absolute Gasteiger partial charge is 0.252 e. The van der Waals surface area contributed by atoms with Crippen LogP contribution in [0.15, 0.2) is 158 Å². The van der Waals surface area contributed by atoms with Crippen LogP contribution in [-0.2, 0) is 10.8 Å². The molecule has 2 unspecified atom stereocenters. The summed E-state index contributed by atoms with van der Waals surface area (Å²) in [7, 11) is 0. The second kappa shape index (κ2) is 13.9. The second-order valence-electron chi connectivity index (χ2n) is 21.3. The average molecular weight is 902 g/mol. The van der Waals surface area contributed by atoms with Crippen LogP contribution in [0.4, 0.5) is 45.5 Å². The van der Waals surface area contributed by atoms with Crippen LogP contribution in [0.1, 0.15) is 77.0 Å². The highest BCUT2D eigenvalue weighted by Crippen LogP contribution is 2.61. The monoisotopic (exact) mass is 901 g/mol. The van der Waals surface area contributed by atoms with Crippen LogP contribution >= 0.6 is 22.7 Å². The van der Waals surface area contributed by atoms with Crippen molar-refractivity contribution in [2.75, 3.05) is 14.7 Å². The van der Waals surface area contributed by atoms with Gasteiger partial charge < -0.3 is 14.7 Å². The number of nitrogens with zero attached hydrogens (tertiary/aromatic N) is 3. The van der Waals surface area contributed by atoms with Gasteiger partial charge in [-0.3, -0.25) is 0 Å². The van der Waals surface area contributed by atoms with Gasteiger partial charge in [0.1, 0.15) is 0 Å². The summed E-state index contributed by atoms with van der Waals surface area (Å²) < 4.78 is 5.28. The van der Waals surface area contributed by atoms with Crippen molar-refractivity contribution in [1.29, 1.82) is 0 Å². The second-order valence-corrected chi connectivity index (χ2v) is 23.4. The van der Waals surface area contributed by atoms with Crippen molar-refractivity contribution >= 4 is 132 Å². The Morgan fingerprint density at radius 1 is 0.507 bits per heavy atom. The number of fused-ring (bicyclic) bond motifs is 13. The first-order valence-electron chi connectivity index (χ1n) is 24.3. The minimum Gasteiger partial charge on any atom is -0.334 e. The molecule has 1 fully saturated rings. The van der Waals surface area contributed by atoms with Gasteiger partial charge in [-0.05, 0) is 138 Å². The maximum atomic E-state index is 2.76. The first-order chi connectivity index (χ1) is 32.5. The summed E-state index contributed by atoms with van der Waals surface area (Å²) in [5.74, 6) is 0. The fourth-order valence-electron chi connectivity index (χ4n) is 13.2. The zero-order valence-electron chi connectivity index (χ0n) is 39.1. The number of para-hydroxylation sites is 1. The van der Waals surface area contributed by atoms with Gasteiger partial charge in [0.05, 0.1) is 16.9 Å². The number of hydrogen-bond donors (Lipinski definition) is 0. The van der Waals surface area contributed by atoms with E-state index in [2.05, 4.69) is 214 Å². The van der Waals surface area contributed by atoms with Gasteiger partial charge in [0.2, 0.25) is 0 Å². The Hall–Kier alpha value is -6.34. The summed E-state index contributed by atoms with van der Waals surface area (Å²) in [6.45, 7) is 14.5. The lowest BCUT2D eigenvalue weighted by atomic mass is 9.33. The Morgan fingerprint density at radius 3 is 1.76 bits per heavy atom. The average Bonchev–Trinajstić information content (AvgIpc) is 3.97. The van der Waals surface area contributed by atoms with Gasteiger partial charge in [0.15, 0.2) is 0 Å². The molecule has 3 aliphatic heterocycles. The van der Waals surface area contributed by atoms with Gasteiger partial charge in [-0.15, -0.1) is 22.7 Å². The number of rotatable bonds is 3. The van der Waals surface area contributed by atoms with Gasteiger partial charge in [-0.2, -0.15) is 0 Å². The molecule has 1 saturated carbocycles. The number of thiophene rings is 2. The minimum atomic E-state index is -0.0553. The van der Waals surface area contributed by atoms with Crippen molar-refractivity contribution in [3.63, 3.8) is 0 Å². The molecule has 0 radical (unpaired) electrons. The van der Waals surface area contributed by atoms with Crippen LogP contribution in [0.2, 0.25) is 0 Å². The van der Waals surface area contributed by atoms with E-state index >= 15 is 0 Å². The molecular formula is C61H52BN3S2. The standard InChI is InChI=1S/C61H52BN3S2/c1-37-33-50-58-51(34-37)64(48-22-16-26-55-57(48)41-18-8-12-24-53(41)67-55)49-36-39(65-45-20-10-9-19-42(45)60(5)31-13-14-32-61(60,65)6)28-29-43(49)62(58)44-35-38(59(2,3)4)27-30-46(44)63(50)47-21-15-25-54-56(47)40-17-7-11-23-52(40)66-54/h7-12,15-30,33-36H,13-14,31-32H2,1-6H3. The van der Waals surface area contributed by atoms with E-state index in [4.69, 9.17) is 0 Å². The van der Waals surface area contributed by atoms with Crippen molar-refractivity contribution in [3.05, 3.63) is 174 Å². The predicted octanol–water partition coefficient (Wildman–Crippen LogP) is 15.9. The molecule has 3 nitrogen and oxygen atoms in total. The van der Waals surface area contributed by atoms with Crippen molar-refractivity contribution in [1.82, 2.24) is 0 Å². The highest BCUT2D eigenvalue weighted by Gasteiger charge is 2.58. The predicted molar refractivity (Wildman–Crippen MR) is 292 cm³/mol. The molecule has 326 valence electrons. The van der Waals surface area contributed by atoms with E-state index in [1.807, 2.05) is 22.7 Å². The van der Waals surface area contributed by atoms with Gasteiger partial charge >= 0.3 is 0 Å². The van der Waals surface area contributed by atoms with Gasteiger partial charge in [0.25, 0.3) is 6.71 Å². The molecule has 5 heterocycles. The summed E-state index contributed by atoms with van der Waals surface area (Å²) >= 11 is 3.80. The molecule has 10 aromatic rings. The molecule has 0 saturated heterocycles. The minimum absolute atomic E-state index is 0.0118. The highest BCUT2D eigenvalue weighted by molar-refractivity contribution is 7.26. The molecule has 2 aromatic heterocycles. The number of hydrogen-bond acceptors (Lipinski definition) is 5. The third-order valence-corrected chi connectivity index (χ3v) is 18.8. The first kappa shape index (κ1) is 39.8. The Kier molecular flexibility index (Phi) is 8.24.